The zero-order valence-corrected chi connectivity index (χ0v) is 24.5. The number of aromatic nitrogens is 1. The molecular weight excluding hydrogens is 570 g/mol. The number of ether oxygens (including phenoxy) is 2. The van der Waals surface area contributed by atoms with Crippen LogP contribution in [0.3, 0.4) is 0 Å². The number of benzene rings is 2. The second-order valence-electron chi connectivity index (χ2n) is 9.91. The molecule has 218 valence electrons. The molecule has 0 aliphatic carbocycles. The third-order valence-corrected chi connectivity index (χ3v) is 8.27. The second kappa shape index (κ2) is 11.3. The maximum absolute atomic E-state index is 14.2. The molecule has 43 heavy (non-hydrogen) atoms. The Morgan fingerprint density at radius 2 is 1.77 bits per heavy atom. The number of carbonyl (C=O) groups excluding carboxylic acids is 3. The van der Waals surface area contributed by atoms with E-state index in [0.29, 0.717) is 33.7 Å². The Balaban J connectivity index is 1.50. The van der Waals surface area contributed by atoms with Gasteiger partial charge in [0.15, 0.2) is 4.80 Å². The maximum Gasteiger partial charge on any atom is 0.379 e. The van der Waals surface area contributed by atoms with E-state index in [1.54, 1.807) is 49.1 Å². The molecular formula is C32H27N3O7S. The highest BCUT2D eigenvalue weighted by atomic mass is 32.1. The fourth-order valence-electron chi connectivity index (χ4n) is 5.37. The van der Waals surface area contributed by atoms with Crippen LogP contribution in [0.15, 0.2) is 92.4 Å². The van der Waals surface area contributed by atoms with Crippen LogP contribution in [0.2, 0.25) is 0 Å². The minimum atomic E-state index is -0.891. The minimum absolute atomic E-state index is 0.0566. The number of esters is 2. The molecule has 4 heterocycles. The Bertz CT molecular complexity index is 1970. The molecule has 4 aromatic rings. The summed E-state index contributed by atoms with van der Waals surface area (Å²) in [6, 6.07) is 16.1. The van der Waals surface area contributed by atoms with E-state index in [9.17, 15) is 19.2 Å². The summed E-state index contributed by atoms with van der Waals surface area (Å²) in [4.78, 5) is 60.2. The lowest BCUT2D eigenvalue weighted by atomic mass is 9.96. The fraction of sp³-hybridized carbons (Fsp3) is 0.219. The Labute approximate surface area is 249 Å². The summed E-state index contributed by atoms with van der Waals surface area (Å²) in [5.74, 6) is -1.19. The highest BCUT2D eigenvalue weighted by Crippen LogP contribution is 2.36. The Morgan fingerprint density at radius 3 is 2.47 bits per heavy atom. The number of furan rings is 1. The lowest BCUT2D eigenvalue weighted by molar-refractivity contribution is -0.139. The molecule has 2 aromatic carbocycles. The summed E-state index contributed by atoms with van der Waals surface area (Å²) in [6.45, 7) is 6.04. The van der Waals surface area contributed by atoms with Crippen molar-refractivity contribution in [3.8, 4) is 5.75 Å². The number of carbonyl (C=O) groups is 3. The number of fused-ring (bicyclic) bond motifs is 2. The molecule has 2 aliphatic heterocycles. The number of para-hydroxylation sites is 1. The van der Waals surface area contributed by atoms with E-state index in [-0.39, 0.29) is 34.1 Å². The van der Waals surface area contributed by atoms with Gasteiger partial charge in [-0.1, -0.05) is 48.6 Å². The van der Waals surface area contributed by atoms with Crippen LogP contribution < -0.4 is 24.5 Å². The van der Waals surface area contributed by atoms with Crippen LogP contribution in [0.4, 0.5) is 5.69 Å². The third kappa shape index (κ3) is 4.81. The number of hydrogen-bond acceptors (Lipinski definition) is 9. The Kier molecular flexibility index (Phi) is 7.41. The van der Waals surface area contributed by atoms with Gasteiger partial charge >= 0.3 is 11.9 Å². The molecule has 0 saturated heterocycles. The molecule has 0 radical (unpaired) electrons. The van der Waals surface area contributed by atoms with Crippen LogP contribution in [0.25, 0.3) is 5.57 Å². The summed E-state index contributed by atoms with van der Waals surface area (Å²) < 4.78 is 17.6. The molecule has 1 unspecified atom stereocenters. The minimum Gasteiger partial charge on any atom is -0.463 e. The van der Waals surface area contributed by atoms with Gasteiger partial charge < -0.3 is 18.8 Å². The van der Waals surface area contributed by atoms with Gasteiger partial charge in [0.05, 0.1) is 41.4 Å². The third-order valence-electron chi connectivity index (χ3n) is 7.22. The average molecular weight is 598 g/mol. The number of thiazole rings is 1. The highest BCUT2D eigenvalue weighted by Gasteiger charge is 2.37. The number of anilines is 1. The molecule has 0 fully saturated rings. The van der Waals surface area contributed by atoms with Crippen molar-refractivity contribution in [2.45, 2.75) is 33.2 Å². The monoisotopic (exact) mass is 597 g/mol. The van der Waals surface area contributed by atoms with E-state index in [4.69, 9.17) is 13.9 Å². The average Bonchev–Trinajstić information content (AvgIpc) is 3.71. The lowest BCUT2D eigenvalue weighted by Crippen LogP contribution is -2.41. The van der Waals surface area contributed by atoms with Crippen LogP contribution in [-0.2, 0) is 14.3 Å². The van der Waals surface area contributed by atoms with E-state index >= 15 is 0 Å². The van der Waals surface area contributed by atoms with E-state index < -0.39 is 23.5 Å². The smallest absolute Gasteiger partial charge is 0.379 e. The first-order chi connectivity index (χ1) is 20.8. The van der Waals surface area contributed by atoms with Crippen molar-refractivity contribution in [2.24, 2.45) is 4.99 Å². The second-order valence-corrected chi connectivity index (χ2v) is 10.9. The van der Waals surface area contributed by atoms with Gasteiger partial charge in [0.2, 0.25) is 5.76 Å². The van der Waals surface area contributed by atoms with Crippen LogP contribution in [0.1, 0.15) is 54.9 Å². The molecule has 2 aliphatic rings. The van der Waals surface area contributed by atoms with E-state index in [1.807, 2.05) is 31.2 Å². The molecule has 0 N–H and O–H groups in total. The van der Waals surface area contributed by atoms with Gasteiger partial charge in [-0.05, 0) is 56.2 Å². The van der Waals surface area contributed by atoms with Gasteiger partial charge in [0.1, 0.15) is 10.3 Å². The van der Waals surface area contributed by atoms with Crippen molar-refractivity contribution >= 4 is 40.4 Å². The molecule has 10 nitrogen and oxygen atoms in total. The Morgan fingerprint density at radius 1 is 1.00 bits per heavy atom. The molecule has 0 bridgehead atoms. The predicted octanol–water partition coefficient (Wildman–Crippen LogP) is 3.74. The molecule has 1 atom stereocenters. The van der Waals surface area contributed by atoms with Gasteiger partial charge in [-0.2, -0.15) is 0 Å². The van der Waals surface area contributed by atoms with Crippen LogP contribution in [0.5, 0.6) is 5.75 Å². The zero-order valence-electron chi connectivity index (χ0n) is 23.7. The van der Waals surface area contributed by atoms with Crippen molar-refractivity contribution in [3.63, 3.8) is 0 Å². The lowest BCUT2D eigenvalue weighted by Gasteiger charge is -2.24. The zero-order chi connectivity index (χ0) is 30.2. The van der Waals surface area contributed by atoms with Crippen LogP contribution in [-0.4, -0.2) is 35.6 Å². The number of rotatable bonds is 7. The number of amides is 1. The van der Waals surface area contributed by atoms with Crippen LogP contribution >= 0.6 is 11.3 Å². The number of allylic oxidation sites excluding steroid dienone is 1. The quantitative estimate of drug-likeness (QED) is 0.235. The SMILES string of the molecule is CCCN1C(=O)/C(=c2\sc3n(c2=O)C(c2ccc(OC(=O)c4ccco4)cc2)C(C(=O)OCC)=C(C)N=3)c2ccccc21. The van der Waals surface area contributed by atoms with Crippen molar-refractivity contribution < 1.29 is 28.3 Å². The largest absolute Gasteiger partial charge is 0.463 e. The van der Waals surface area contributed by atoms with Crippen molar-refractivity contribution in [1.82, 2.24) is 4.57 Å². The van der Waals surface area contributed by atoms with E-state index in [2.05, 4.69) is 4.99 Å². The van der Waals surface area contributed by atoms with Gasteiger partial charge in [0.25, 0.3) is 11.5 Å². The first-order valence-electron chi connectivity index (χ1n) is 13.8. The van der Waals surface area contributed by atoms with Gasteiger partial charge in [-0.3, -0.25) is 14.2 Å². The van der Waals surface area contributed by atoms with Gasteiger partial charge in [0, 0.05) is 12.1 Å². The summed E-state index contributed by atoms with van der Waals surface area (Å²) in [6.07, 6.45) is 2.13. The molecule has 6 rings (SSSR count). The predicted molar refractivity (Wildman–Crippen MR) is 159 cm³/mol. The number of hydrogen-bond donors (Lipinski definition) is 0. The molecule has 11 heteroatoms. The first-order valence-corrected chi connectivity index (χ1v) is 14.6. The summed E-state index contributed by atoms with van der Waals surface area (Å²) in [7, 11) is 0. The number of nitrogens with zero attached hydrogens (tertiary/aromatic N) is 3. The molecule has 1 amide bonds. The van der Waals surface area contributed by atoms with Gasteiger partial charge in [-0.25, -0.2) is 14.6 Å². The van der Waals surface area contributed by atoms with E-state index in [1.165, 1.54) is 16.9 Å². The normalized spacial score (nSPS) is 17.0. The topological polar surface area (TPSA) is 120 Å². The maximum atomic E-state index is 14.2. The highest BCUT2D eigenvalue weighted by molar-refractivity contribution is 7.07. The summed E-state index contributed by atoms with van der Waals surface area (Å²) >= 11 is 1.12. The van der Waals surface area contributed by atoms with Crippen molar-refractivity contribution in [2.75, 3.05) is 18.1 Å². The molecule has 2 aromatic heterocycles. The van der Waals surface area contributed by atoms with E-state index in [0.717, 1.165) is 23.4 Å². The summed E-state index contributed by atoms with van der Waals surface area (Å²) in [5.41, 5.74) is 2.51. The Hall–Kier alpha value is -5.03. The van der Waals surface area contributed by atoms with Crippen molar-refractivity contribution in [3.05, 3.63) is 115 Å². The van der Waals surface area contributed by atoms with Gasteiger partial charge in [-0.15, -0.1) is 0 Å². The molecule has 0 spiro atoms. The van der Waals surface area contributed by atoms with Crippen LogP contribution in [0, 0.1) is 0 Å². The summed E-state index contributed by atoms with van der Waals surface area (Å²) in [5, 5.41) is 0. The van der Waals surface area contributed by atoms with Crippen molar-refractivity contribution in [1.29, 1.82) is 0 Å². The first kappa shape index (κ1) is 28.1. The molecule has 0 saturated carbocycles. The standard InChI is InChI=1S/C32H27N3O7S/c1-4-16-34-22-10-7-6-9-21(22)25(28(34)36)27-29(37)35-26(24(31(39)40-5-2)18(3)33-32(35)43-27)19-12-14-20(15-13-19)42-30(38)23-11-8-17-41-23/h6-15,17,26H,4-5,16H2,1-3H3/b27-25-. The fourth-order valence-corrected chi connectivity index (χ4v) is 6.51.